The quantitative estimate of drug-likeness (QED) is 0.311. The van der Waals surface area contributed by atoms with Gasteiger partial charge in [-0.15, -0.1) is 11.3 Å². The number of benzene rings is 2. The molecule has 1 unspecified atom stereocenters. The van der Waals surface area contributed by atoms with E-state index in [9.17, 15) is 8.42 Å². The highest BCUT2D eigenvalue weighted by Gasteiger charge is 2.39. The predicted molar refractivity (Wildman–Crippen MR) is 132 cm³/mol. The molecule has 33 heavy (non-hydrogen) atoms. The van der Waals surface area contributed by atoms with Crippen LogP contribution in [-0.4, -0.2) is 30.1 Å². The van der Waals surface area contributed by atoms with Crippen molar-refractivity contribution < 1.29 is 13.2 Å². The number of hydrogen-bond acceptors (Lipinski definition) is 6. The van der Waals surface area contributed by atoms with E-state index >= 15 is 0 Å². The molecule has 0 fully saturated rings. The number of rotatable bonds is 6. The number of ether oxygens (including phenoxy) is 1. The van der Waals surface area contributed by atoms with Crippen LogP contribution in [0, 0.1) is 0 Å². The van der Waals surface area contributed by atoms with Gasteiger partial charge in [0.05, 0.1) is 33.6 Å². The summed E-state index contributed by atoms with van der Waals surface area (Å²) in [6.45, 7) is 2.47. The molecule has 1 aliphatic heterocycles. The fraction of sp³-hybridized carbons (Fsp3) is 0.167. The summed E-state index contributed by atoms with van der Waals surface area (Å²) in [4.78, 5) is 5.64. The summed E-state index contributed by atoms with van der Waals surface area (Å²) in [5.41, 5.74) is 2.02. The molecule has 6 nitrogen and oxygen atoms in total. The molecule has 4 aromatic rings. The molecule has 168 valence electrons. The van der Waals surface area contributed by atoms with E-state index in [0.29, 0.717) is 29.8 Å². The van der Waals surface area contributed by atoms with Gasteiger partial charge in [0.25, 0.3) is 10.0 Å². The van der Waals surface area contributed by atoms with Crippen LogP contribution in [-0.2, 0) is 10.0 Å². The molecule has 0 saturated heterocycles. The van der Waals surface area contributed by atoms with Gasteiger partial charge in [-0.05, 0) is 54.8 Å². The van der Waals surface area contributed by atoms with Gasteiger partial charge in [0.15, 0.2) is 0 Å². The molecule has 3 heterocycles. The Morgan fingerprint density at radius 1 is 1.12 bits per heavy atom. The molecule has 9 heteroatoms. The second-order valence-corrected chi connectivity index (χ2v) is 10.6. The minimum absolute atomic E-state index is 0.176. The van der Waals surface area contributed by atoms with Gasteiger partial charge in [-0.3, -0.25) is 0 Å². The highest BCUT2D eigenvalue weighted by atomic mass is 35.5. The molecule has 2 aromatic heterocycles. The molecule has 0 saturated carbocycles. The van der Waals surface area contributed by atoms with Crippen molar-refractivity contribution in [3.8, 4) is 5.75 Å². The third-order valence-corrected chi connectivity index (χ3v) is 8.32. The molecule has 0 bridgehead atoms. The van der Waals surface area contributed by atoms with E-state index in [-0.39, 0.29) is 10.0 Å². The highest BCUT2D eigenvalue weighted by molar-refractivity contribution is 7.89. The van der Waals surface area contributed by atoms with E-state index in [4.69, 9.17) is 16.3 Å². The molecule has 0 amide bonds. The number of pyridine rings is 1. The molecule has 0 N–H and O–H groups in total. The average molecular weight is 498 g/mol. The number of aromatic nitrogens is 1. The Kier molecular flexibility index (Phi) is 5.82. The largest absolute Gasteiger partial charge is 0.494 e. The molecule has 0 spiro atoms. The normalized spacial score (nSPS) is 16.2. The SMILES string of the molecule is CCOc1ccc2nc(Cl)c(C3CC(c4cccs4)=NN3S(=O)(=O)c3ccccc3)cc2c1. The van der Waals surface area contributed by atoms with Crippen molar-refractivity contribution in [2.45, 2.75) is 24.3 Å². The van der Waals surface area contributed by atoms with E-state index in [2.05, 4.69) is 10.1 Å². The monoisotopic (exact) mass is 497 g/mol. The minimum Gasteiger partial charge on any atom is -0.494 e. The van der Waals surface area contributed by atoms with Crippen LogP contribution in [0.15, 0.2) is 82.1 Å². The van der Waals surface area contributed by atoms with Crippen molar-refractivity contribution >= 4 is 49.6 Å². The first-order chi connectivity index (χ1) is 16.0. The Morgan fingerprint density at radius 3 is 2.67 bits per heavy atom. The summed E-state index contributed by atoms with van der Waals surface area (Å²) in [6, 6.07) is 19.0. The molecule has 1 aliphatic rings. The van der Waals surface area contributed by atoms with Crippen LogP contribution >= 0.6 is 22.9 Å². The third kappa shape index (κ3) is 4.10. The lowest BCUT2D eigenvalue weighted by Gasteiger charge is -2.24. The summed E-state index contributed by atoms with van der Waals surface area (Å²) >= 11 is 8.13. The Morgan fingerprint density at radius 2 is 1.94 bits per heavy atom. The number of nitrogens with zero attached hydrogens (tertiary/aromatic N) is 3. The van der Waals surface area contributed by atoms with Crippen LogP contribution in [0.25, 0.3) is 10.9 Å². The van der Waals surface area contributed by atoms with E-state index in [1.165, 1.54) is 15.8 Å². The van der Waals surface area contributed by atoms with Crippen LogP contribution in [0.2, 0.25) is 5.15 Å². The maximum absolute atomic E-state index is 13.6. The van der Waals surface area contributed by atoms with Crippen molar-refractivity contribution in [1.29, 1.82) is 0 Å². The minimum atomic E-state index is -3.91. The highest BCUT2D eigenvalue weighted by Crippen LogP contribution is 2.41. The molecular formula is C24H20ClN3O3S2. The van der Waals surface area contributed by atoms with E-state index in [0.717, 1.165) is 16.0 Å². The fourth-order valence-electron chi connectivity index (χ4n) is 3.87. The maximum atomic E-state index is 13.6. The van der Waals surface area contributed by atoms with Crippen molar-refractivity contribution in [1.82, 2.24) is 9.40 Å². The van der Waals surface area contributed by atoms with Gasteiger partial charge < -0.3 is 4.74 Å². The van der Waals surface area contributed by atoms with Crippen molar-refractivity contribution in [3.05, 3.63) is 87.7 Å². The first kappa shape index (κ1) is 21.9. The number of sulfonamides is 1. The van der Waals surface area contributed by atoms with Crippen LogP contribution in [0.4, 0.5) is 0 Å². The van der Waals surface area contributed by atoms with Crippen molar-refractivity contribution in [2.75, 3.05) is 6.61 Å². The first-order valence-corrected chi connectivity index (χ1v) is 13.1. The van der Waals surface area contributed by atoms with Crippen LogP contribution in [0.5, 0.6) is 5.75 Å². The van der Waals surface area contributed by atoms with Gasteiger partial charge in [-0.1, -0.05) is 35.9 Å². The number of halogens is 1. The zero-order valence-electron chi connectivity index (χ0n) is 17.7. The lowest BCUT2D eigenvalue weighted by Crippen LogP contribution is -2.27. The third-order valence-electron chi connectivity index (χ3n) is 5.40. The second-order valence-electron chi connectivity index (χ2n) is 7.49. The summed E-state index contributed by atoms with van der Waals surface area (Å²) in [5, 5.41) is 7.59. The van der Waals surface area contributed by atoms with Crippen LogP contribution < -0.4 is 4.74 Å². The van der Waals surface area contributed by atoms with Crippen molar-refractivity contribution in [2.24, 2.45) is 5.10 Å². The summed E-state index contributed by atoms with van der Waals surface area (Å²) in [6.07, 6.45) is 0.393. The zero-order valence-corrected chi connectivity index (χ0v) is 20.1. The summed E-state index contributed by atoms with van der Waals surface area (Å²) in [5.74, 6) is 0.718. The summed E-state index contributed by atoms with van der Waals surface area (Å²) in [7, 11) is -3.91. The first-order valence-electron chi connectivity index (χ1n) is 10.4. The zero-order chi connectivity index (χ0) is 23.0. The van der Waals surface area contributed by atoms with Gasteiger partial charge in [0.1, 0.15) is 10.9 Å². The summed E-state index contributed by atoms with van der Waals surface area (Å²) < 4.78 is 34.0. The average Bonchev–Trinajstić information content (AvgIpc) is 3.50. The fourth-order valence-corrected chi connectivity index (χ4v) is 6.31. The van der Waals surface area contributed by atoms with Crippen LogP contribution in [0.1, 0.15) is 29.8 Å². The predicted octanol–water partition coefficient (Wildman–Crippen LogP) is 5.89. The van der Waals surface area contributed by atoms with E-state index in [1.54, 1.807) is 30.3 Å². The lowest BCUT2D eigenvalue weighted by molar-refractivity contribution is 0.340. The standard InChI is InChI=1S/C24H20ClN3O3S2/c1-2-31-17-10-11-20-16(13-17)14-19(24(25)26-20)22-15-21(23-9-6-12-32-23)27-28(22)33(29,30)18-7-4-3-5-8-18/h3-14,22H,2,15H2,1H3. The number of hydrazone groups is 1. The molecule has 2 aromatic carbocycles. The topological polar surface area (TPSA) is 71.9 Å². The molecule has 0 radical (unpaired) electrons. The molecule has 0 aliphatic carbocycles. The molecular weight excluding hydrogens is 478 g/mol. The maximum Gasteiger partial charge on any atom is 0.279 e. The van der Waals surface area contributed by atoms with E-state index < -0.39 is 16.1 Å². The van der Waals surface area contributed by atoms with Gasteiger partial charge in [0, 0.05) is 17.4 Å². The van der Waals surface area contributed by atoms with Gasteiger partial charge in [-0.25, -0.2) is 4.98 Å². The number of hydrogen-bond donors (Lipinski definition) is 0. The smallest absolute Gasteiger partial charge is 0.279 e. The number of fused-ring (bicyclic) bond motifs is 1. The van der Waals surface area contributed by atoms with Gasteiger partial charge in [0.2, 0.25) is 0 Å². The molecule has 1 atom stereocenters. The van der Waals surface area contributed by atoms with Gasteiger partial charge in [-0.2, -0.15) is 17.9 Å². The Balaban J connectivity index is 1.64. The Labute approximate surface area is 201 Å². The Bertz CT molecular complexity index is 1440. The van der Waals surface area contributed by atoms with Crippen molar-refractivity contribution in [3.63, 3.8) is 0 Å². The lowest BCUT2D eigenvalue weighted by atomic mass is 10.0. The number of thiophene rings is 1. The van der Waals surface area contributed by atoms with Gasteiger partial charge >= 0.3 is 0 Å². The van der Waals surface area contributed by atoms with Crippen LogP contribution in [0.3, 0.4) is 0 Å². The molecule has 5 rings (SSSR count). The second kappa shape index (κ2) is 8.78. The van der Waals surface area contributed by atoms with E-state index in [1.807, 2.05) is 48.7 Å². The Hall–Kier alpha value is -2.94.